The maximum Gasteiger partial charge on any atom is 1.00 e. The number of pyridine rings is 1. The normalized spacial score (nSPS) is 10.1. The summed E-state index contributed by atoms with van der Waals surface area (Å²) in [6, 6.07) is 15.9. The Morgan fingerprint density at radius 3 is 2.56 bits per heavy atom. The number of aromatic carboxylic acids is 1. The number of halogens is 2. The van der Waals surface area contributed by atoms with E-state index < -0.39 is 5.97 Å². The van der Waals surface area contributed by atoms with Gasteiger partial charge in [0.05, 0.1) is 11.7 Å². The van der Waals surface area contributed by atoms with E-state index in [9.17, 15) is 14.3 Å². The summed E-state index contributed by atoms with van der Waals surface area (Å²) in [5.74, 6) is -1.04. The molecule has 0 radical (unpaired) electrons. The molecule has 132 valence electrons. The molecule has 0 saturated heterocycles. The fraction of sp³-hybridized carbons (Fsp3) is 0.100. The molecule has 0 aliphatic rings. The molecule has 3 aromatic rings. The summed E-state index contributed by atoms with van der Waals surface area (Å²) >= 11 is 6.08. The predicted octanol–water partition coefficient (Wildman–Crippen LogP) is 0.411. The first-order valence-electron chi connectivity index (χ1n) is 7.84. The largest absolute Gasteiger partial charge is 1.00 e. The Balaban J connectivity index is 0.00000261. The number of rotatable bonds is 6. The van der Waals surface area contributed by atoms with Gasteiger partial charge in [-0.2, -0.15) is 0 Å². The van der Waals surface area contributed by atoms with E-state index in [1.807, 2.05) is 0 Å². The van der Waals surface area contributed by atoms with E-state index in [2.05, 4.69) is 4.98 Å². The van der Waals surface area contributed by atoms with Crippen molar-refractivity contribution < 1.29 is 48.6 Å². The minimum atomic E-state index is -1.33. The first-order valence-corrected chi connectivity index (χ1v) is 8.22. The molecule has 0 saturated carbocycles. The maximum atomic E-state index is 13.0. The third-order valence-electron chi connectivity index (χ3n) is 3.72. The van der Waals surface area contributed by atoms with Crippen LogP contribution in [0.3, 0.4) is 0 Å². The van der Waals surface area contributed by atoms with Crippen molar-refractivity contribution in [1.82, 2.24) is 4.98 Å². The average Bonchev–Trinajstić information content (AvgIpc) is 2.63. The van der Waals surface area contributed by atoms with Crippen molar-refractivity contribution in [3.63, 3.8) is 0 Å². The zero-order valence-corrected chi connectivity index (χ0v) is 17.4. The van der Waals surface area contributed by atoms with Crippen molar-refractivity contribution in [3.05, 3.63) is 94.0 Å². The Morgan fingerprint density at radius 1 is 1.11 bits per heavy atom. The van der Waals surface area contributed by atoms with Crippen LogP contribution in [0.25, 0.3) is 0 Å². The molecule has 0 amide bonds. The number of carboxylic acids is 1. The van der Waals surface area contributed by atoms with Gasteiger partial charge in [0.2, 0.25) is 0 Å². The summed E-state index contributed by atoms with van der Waals surface area (Å²) < 4.78 is 18.8. The standard InChI is InChI=1S/C20H15ClFNO3.Na/c21-15-6-9-19(26-12-13-4-7-16(22)8-5-13)14(10-15)11-17-2-1-3-18(23-17)20(24)25;/h1-10H,11-12H2,(H,24,25);/q;+1/p-1. The second-order valence-corrected chi connectivity index (χ2v) is 6.08. The van der Waals surface area contributed by atoms with Crippen LogP contribution < -0.4 is 39.4 Å². The fourth-order valence-corrected chi connectivity index (χ4v) is 2.65. The number of carboxylic acid groups (broad SMARTS) is 1. The van der Waals surface area contributed by atoms with Crippen molar-refractivity contribution in [2.24, 2.45) is 0 Å². The van der Waals surface area contributed by atoms with Crippen LogP contribution in [-0.4, -0.2) is 11.0 Å². The number of aromatic nitrogens is 1. The van der Waals surface area contributed by atoms with Crippen LogP contribution in [0.2, 0.25) is 5.02 Å². The van der Waals surface area contributed by atoms with Gasteiger partial charge in [-0.15, -0.1) is 0 Å². The molecule has 0 N–H and O–H groups in total. The molecule has 0 fully saturated rings. The zero-order chi connectivity index (χ0) is 18.5. The Hall–Kier alpha value is -1.92. The summed E-state index contributed by atoms with van der Waals surface area (Å²) in [6.45, 7) is 0.265. The second kappa shape index (κ2) is 9.85. The summed E-state index contributed by atoms with van der Waals surface area (Å²) in [7, 11) is 0. The van der Waals surface area contributed by atoms with Crippen molar-refractivity contribution in [1.29, 1.82) is 0 Å². The maximum absolute atomic E-state index is 13.0. The van der Waals surface area contributed by atoms with Crippen LogP contribution in [0.4, 0.5) is 4.39 Å². The molecule has 0 spiro atoms. The molecule has 0 atom stereocenters. The van der Waals surface area contributed by atoms with Gasteiger partial charge in [0.1, 0.15) is 18.2 Å². The van der Waals surface area contributed by atoms with Crippen molar-refractivity contribution in [2.75, 3.05) is 0 Å². The van der Waals surface area contributed by atoms with Gasteiger partial charge in [-0.3, -0.25) is 4.98 Å². The van der Waals surface area contributed by atoms with E-state index in [-0.39, 0.29) is 47.7 Å². The monoisotopic (exact) mass is 393 g/mol. The van der Waals surface area contributed by atoms with Crippen molar-refractivity contribution in [2.45, 2.75) is 13.0 Å². The Labute approximate surface area is 183 Å². The van der Waals surface area contributed by atoms with E-state index in [0.29, 0.717) is 22.9 Å². The first kappa shape index (κ1) is 21.4. The van der Waals surface area contributed by atoms with Crippen LogP contribution in [-0.2, 0) is 13.0 Å². The molecule has 0 unspecified atom stereocenters. The fourth-order valence-electron chi connectivity index (χ4n) is 2.46. The molecule has 27 heavy (non-hydrogen) atoms. The zero-order valence-electron chi connectivity index (χ0n) is 14.6. The van der Waals surface area contributed by atoms with Gasteiger partial charge in [-0.05, 0) is 48.0 Å². The first-order chi connectivity index (χ1) is 12.5. The molecule has 0 aliphatic heterocycles. The minimum Gasteiger partial charge on any atom is -0.543 e. The smallest absolute Gasteiger partial charge is 0.543 e. The predicted molar refractivity (Wildman–Crippen MR) is 93.6 cm³/mol. The number of benzene rings is 2. The molecular formula is C20H14ClFNNaO3. The van der Waals surface area contributed by atoms with Gasteiger partial charge in [0, 0.05) is 22.7 Å². The Bertz CT molecular complexity index is 935. The Kier molecular flexibility index (Phi) is 7.80. The summed E-state index contributed by atoms with van der Waals surface area (Å²) in [6.07, 6.45) is 0.348. The number of nitrogens with zero attached hydrogens (tertiary/aromatic N) is 1. The van der Waals surface area contributed by atoms with E-state index in [4.69, 9.17) is 16.3 Å². The summed E-state index contributed by atoms with van der Waals surface area (Å²) in [5, 5.41) is 11.5. The Morgan fingerprint density at radius 2 is 1.85 bits per heavy atom. The third kappa shape index (κ3) is 6.04. The number of hydrogen-bond acceptors (Lipinski definition) is 4. The number of carbonyl (C=O) groups excluding carboxylic acids is 1. The van der Waals surface area contributed by atoms with Crippen LogP contribution in [0.15, 0.2) is 60.7 Å². The summed E-state index contributed by atoms with van der Waals surface area (Å²) in [4.78, 5) is 15.0. The van der Waals surface area contributed by atoms with Gasteiger partial charge in [0.25, 0.3) is 0 Å². The molecule has 7 heteroatoms. The molecule has 1 heterocycles. The molecule has 2 aromatic carbocycles. The molecule has 3 rings (SSSR count). The number of carbonyl (C=O) groups is 1. The van der Waals surface area contributed by atoms with Gasteiger partial charge in [0.15, 0.2) is 0 Å². The molecule has 4 nitrogen and oxygen atoms in total. The van der Waals surface area contributed by atoms with Gasteiger partial charge in [-0.1, -0.05) is 29.8 Å². The van der Waals surface area contributed by atoms with E-state index in [0.717, 1.165) is 11.1 Å². The second-order valence-electron chi connectivity index (χ2n) is 5.65. The van der Waals surface area contributed by atoms with Crippen LogP contribution >= 0.6 is 11.6 Å². The molecule has 0 bridgehead atoms. The van der Waals surface area contributed by atoms with Crippen LogP contribution in [0.1, 0.15) is 27.3 Å². The van der Waals surface area contributed by atoms with Gasteiger partial charge < -0.3 is 14.6 Å². The van der Waals surface area contributed by atoms with Gasteiger partial charge in [-0.25, -0.2) is 4.39 Å². The van der Waals surface area contributed by atoms with Crippen molar-refractivity contribution in [3.8, 4) is 5.75 Å². The van der Waals surface area contributed by atoms with E-state index >= 15 is 0 Å². The van der Waals surface area contributed by atoms with Crippen LogP contribution in [0, 0.1) is 5.82 Å². The van der Waals surface area contributed by atoms with Crippen molar-refractivity contribution >= 4 is 17.6 Å². The molecular weight excluding hydrogens is 380 g/mol. The SMILES string of the molecule is O=C([O-])c1cccc(Cc2cc(Cl)ccc2OCc2ccc(F)cc2)n1.[Na+]. The number of ether oxygens (including phenoxy) is 1. The summed E-state index contributed by atoms with van der Waals surface area (Å²) in [5.41, 5.74) is 2.02. The van der Waals surface area contributed by atoms with Gasteiger partial charge >= 0.3 is 29.6 Å². The number of hydrogen-bond donors (Lipinski definition) is 0. The van der Waals surface area contributed by atoms with Crippen LogP contribution in [0.5, 0.6) is 5.75 Å². The average molecular weight is 394 g/mol. The van der Waals surface area contributed by atoms with E-state index in [1.165, 1.54) is 18.2 Å². The van der Waals surface area contributed by atoms with E-state index in [1.54, 1.807) is 42.5 Å². The topological polar surface area (TPSA) is 62.2 Å². The molecule has 0 aliphatic carbocycles. The minimum absolute atomic E-state index is 0. The quantitative estimate of drug-likeness (QED) is 0.569. The third-order valence-corrected chi connectivity index (χ3v) is 3.95. The molecule has 1 aromatic heterocycles.